The minimum atomic E-state index is -4.31. The van der Waals surface area contributed by atoms with Gasteiger partial charge in [-0.1, -0.05) is 0 Å². The number of hydrogen-bond donors (Lipinski definition) is 0. The molecule has 0 fully saturated rings. The predicted octanol–water partition coefficient (Wildman–Crippen LogP) is 6.97. The molecule has 0 aromatic heterocycles. The number of rotatable bonds is 11. The van der Waals surface area contributed by atoms with Crippen molar-refractivity contribution in [1.82, 2.24) is 0 Å². The van der Waals surface area contributed by atoms with Gasteiger partial charge in [-0.3, -0.25) is 0 Å². The van der Waals surface area contributed by atoms with Crippen molar-refractivity contribution in [2.45, 2.75) is 40.0 Å². The van der Waals surface area contributed by atoms with Crippen LogP contribution in [0.1, 0.15) is 51.2 Å². The quantitative estimate of drug-likeness (QED) is 0.369. The second kappa shape index (κ2) is 9.73. The van der Waals surface area contributed by atoms with Gasteiger partial charge in [0.25, 0.3) is 0 Å². The van der Waals surface area contributed by atoms with Crippen LogP contribution in [0, 0.1) is 0 Å². The van der Waals surface area contributed by atoms with E-state index in [2.05, 4.69) is 0 Å². The molecule has 158 valence electrons. The van der Waals surface area contributed by atoms with Crippen LogP contribution in [0.15, 0.2) is 60.7 Å². The fourth-order valence-corrected chi connectivity index (χ4v) is 5.93. The average molecular weight is 418 g/mol. The van der Waals surface area contributed by atoms with Gasteiger partial charge in [0.15, 0.2) is 0 Å². The molecule has 2 aromatic rings. The zero-order valence-corrected chi connectivity index (χ0v) is 18.4. The second-order valence-electron chi connectivity index (χ2n) is 6.82. The third-order valence-corrected chi connectivity index (χ3v) is 7.05. The Labute approximate surface area is 173 Å². The van der Waals surface area contributed by atoms with Crippen LogP contribution in [-0.4, -0.2) is 19.8 Å². The molecule has 1 aliphatic rings. The summed E-state index contributed by atoms with van der Waals surface area (Å²) in [5.41, 5.74) is 1.77. The first-order valence-corrected chi connectivity index (χ1v) is 12.2. The number of benzene rings is 2. The fourth-order valence-electron chi connectivity index (χ4n) is 2.94. The summed E-state index contributed by atoms with van der Waals surface area (Å²) in [6, 6.07) is 19.7. The van der Waals surface area contributed by atoms with E-state index in [4.69, 9.17) is 22.6 Å². The summed E-state index contributed by atoms with van der Waals surface area (Å²) in [6.07, 6.45) is 2.37. The zero-order chi connectivity index (χ0) is 20.6. The van der Waals surface area contributed by atoms with Gasteiger partial charge in [0.2, 0.25) is 0 Å². The van der Waals surface area contributed by atoms with Crippen LogP contribution < -0.4 is 0 Å². The molecule has 0 spiro atoms. The molecule has 0 saturated heterocycles. The van der Waals surface area contributed by atoms with E-state index >= 15 is 0 Å². The van der Waals surface area contributed by atoms with Crippen molar-refractivity contribution in [1.29, 1.82) is 0 Å². The van der Waals surface area contributed by atoms with E-state index < -0.39 is 7.74 Å². The van der Waals surface area contributed by atoms with Crippen molar-refractivity contribution in [3.63, 3.8) is 0 Å². The van der Waals surface area contributed by atoms with E-state index in [0.717, 1.165) is 30.4 Å². The van der Waals surface area contributed by atoms with E-state index in [1.807, 2.05) is 81.4 Å². The van der Waals surface area contributed by atoms with Gasteiger partial charge in [0.1, 0.15) is 0 Å². The first-order chi connectivity index (χ1) is 14.2. The van der Waals surface area contributed by atoms with Crippen molar-refractivity contribution < 1.29 is 22.6 Å². The second-order valence-corrected chi connectivity index (χ2v) is 9.45. The van der Waals surface area contributed by atoms with Crippen molar-refractivity contribution in [2.24, 2.45) is 0 Å². The van der Waals surface area contributed by atoms with E-state index in [1.54, 1.807) is 0 Å². The van der Waals surface area contributed by atoms with Crippen LogP contribution in [0.25, 0.3) is 11.5 Å². The van der Waals surface area contributed by atoms with Gasteiger partial charge in [-0.05, 0) is 0 Å². The van der Waals surface area contributed by atoms with Crippen molar-refractivity contribution in [3.05, 3.63) is 71.8 Å². The number of hydrogen-bond acceptors (Lipinski definition) is 5. The predicted molar refractivity (Wildman–Crippen MR) is 118 cm³/mol. The van der Waals surface area contributed by atoms with Crippen LogP contribution in [0.2, 0.25) is 0 Å². The maximum atomic E-state index is 6.52. The molecule has 0 atom stereocenters. The van der Waals surface area contributed by atoms with Crippen LogP contribution in [0.5, 0.6) is 0 Å². The molecular weight excluding hydrogens is 387 g/mol. The van der Waals surface area contributed by atoms with Crippen LogP contribution in [-0.2, 0) is 22.6 Å². The first kappa shape index (κ1) is 21.8. The van der Waals surface area contributed by atoms with Crippen molar-refractivity contribution >= 4 is 19.3 Å². The summed E-state index contributed by atoms with van der Waals surface area (Å²) >= 11 is 0. The Morgan fingerprint density at radius 2 is 0.931 bits per heavy atom. The van der Waals surface area contributed by atoms with Crippen molar-refractivity contribution in [3.8, 4) is 0 Å². The standard InChI is InChI=1S/C23H31O5P/c1-4-17-24-29(25-18-5-2,26-19-6-3)27-22(20-13-9-7-10-14-20)23(28-29)21-15-11-8-12-16-21/h7-16H,4-6,17-19H2,1-3H3. The normalized spacial score (nSPS) is 18.5. The molecular formula is C23H31O5P. The monoisotopic (exact) mass is 418 g/mol. The molecule has 1 aliphatic heterocycles. The van der Waals surface area contributed by atoms with Gasteiger partial charge < -0.3 is 0 Å². The average Bonchev–Trinajstić information content (AvgIpc) is 3.13. The molecule has 0 N–H and O–H groups in total. The van der Waals surface area contributed by atoms with Gasteiger partial charge in [0, 0.05) is 0 Å². The first-order valence-electron chi connectivity index (χ1n) is 10.4. The van der Waals surface area contributed by atoms with Gasteiger partial charge in [0.05, 0.1) is 0 Å². The molecule has 0 amide bonds. The third kappa shape index (κ3) is 4.81. The molecule has 5 nitrogen and oxygen atoms in total. The van der Waals surface area contributed by atoms with E-state index in [9.17, 15) is 0 Å². The van der Waals surface area contributed by atoms with Crippen LogP contribution >= 0.6 is 7.74 Å². The zero-order valence-electron chi connectivity index (χ0n) is 17.5. The molecule has 0 radical (unpaired) electrons. The molecule has 0 bridgehead atoms. The van der Waals surface area contributed by atoms with E-state index in [1.165, 1.54) is 0 Å². The fraction of sp³-hybridized carbons (Fsp3) is 0.391. The third-order valence-electron chi connectivity index (χ3n) is 4.28. The molecule has 2 aromatic carbocycles. The summed E-state index contributed by atoms with van der Waals surface area (Å²) in [5.74, 6) is 1.16. The van der Waals surface area contributed by atoms with Crippen LogP contribution in [0.3, 0.4) is 0 Å². The molecule has 29 heavy (non-hydrogen) atoms. The SMILES string of the molecule is CCCOP1(OCCC)(OCCC)OC(c2ccccc2)=C(c2ccccc2)O1. The molecule has 0 aliphatic carbocycles. The van der Waals surface area contributed by atoms with Crippen molar-refractivity contribution in [2.75, 3.05) is 19.8 Å². The molecule has 0 unspecified atom stereocenters. The topological polar surface area (TPSA) is 46.2 Å². The van der Waals surface area contributed by atoms with Gasteiger partial charge in [-0.15, -0.1) is 0 Å². The summed E-state index contributed by atoms with van der Waals surface area (Å²) in [4.78, 5) is 0. The van der Waals surface area contributed by atoms with Gasteiger partial charge >= 0.3 is 174 Å². The summed E-state index contributed by atoms with van der Waals surface area (Å²) < 4.78 is 31.7. The summed E-state index contributed by atoms with van der Waals surface area (Å²) in [6.45, 7) is 7.34. The molecule has 6 heteroatoms. The summed E-state index contributed by atoms with van der Waals surface area (Å²) in [5, 5.41) is 0. The molecule has 3 rings (SSSR count). The van der Waals surface area contributed by atoms with Gasteiger partial charge in [-0.25, -0.2) is 0 Å². The van der Waals surface area contributed by atoms with Crippen LogP contribution in [0.4, 0.5) is 0 Å². The van der Waals surface area contributed by atoms with E-state index in [-0.39, 0.29) is 0 Å². The molecule has 0 saturated carbocycles. The Morgan fingerprint density at radius 1 is 0.586 bits per heavy atom. The Bertz CT molecular complexity index is 727. The summed E-state index contributed by atoms with van der Waals surface area (Å²) in [7, 11) is -4.31. The Balaban J connectivity index is 2.12. The Hall–Kier alpha value is -1.91. The Morgan fingerprint density at radius 3 is 1.24 bits per heavy atom. The van der Waals surface area contributed by atoms with E-state index in [0.29, 0.717) is 31.3 Å². The maximum absolute atomic E-state index is 6.52. The van der Waals surface area contributed by atoms with Gasteiger partial charge in [-0.2, -0.15) is 0 Å². The minimum absolute atomic E-state index is 0.412. The molecule has 1 heterocycles. The Kier molecular flexibility index (Phi) is 7.31.